The van der Waals surface area contributed by atoms with Crippen molar-refractivity contribution in [2.45, 2.75) is 24.9 Å². The highest BCUT2D eigenvalue weighted by Gasteiger charge is 2.29. The summed E-state index contributed by atoms with van der Waals surface area (Å²) in [5.74, 6) is 0.0448. The lowest BCUT2D eigenvalue weighted by Crippen LogP contribution is -2.44. The van der Waals surface area contributed by atoms with Gasteiger partial charge in [-0.25, -0.2) is 10.9 Å². The molecule has 2 aliphatic rings. The van der Waals surface area contributed by atoms with Gasteiger partial charge in [0.15, 0.2) is 0 Å². The van der Waals surface area contributed by atoms with Crippen LogP contribution in [0.1, 0.15) is 24.4 Å². The van der Waals surface area contributed by atoms with Crippen molar-refractivity contribution < 1.29 is 4.79 Å². The first-order valence-electron chi connectivity index (χ1n) is 7.65. The van der Waals surface area contributed by atoms with Gasteiger partial charge < -0.3 is 10.6 Å². The molecule has 1 fully saturated rings. The van der Waals surface area contributed by atoms with Crippen molar-refractivity contribution in [3.8, 4) is 0 Å². The van der Waals surface area contributed by atoms with Crippen molar-refractivity contribution in [1.82, 2.24) is 21.5 Å². The fraction of sp³-hybridized carbons (Fsp3) is 0.438. The Morgan fingerprint density at radius 3 is 2.74 bits per heavy atom. The van der Waals surface area contributed by atoms with Crippen LogP contribution in [0.5, 0.6) is 0 Å². The van der Waals surface area contributed by atoms with E-state index >= 15 is 0 Å². The number of hydrogen-bond acceptors (Lipinski definition) is 4. The summed E-state index contributed by atoms with van der Waals surface area (Å²) >= 11 is 5.90. The van der Waals surface area contributed by atoms with Gasteiger partial charge in [0.1, 0.15) is 6.04 Å². The number of carbonyl (C=O) groups is 1. The molecule has 0 aromatic heterocycles. The van der Waals surface area contributed by atoms with Crippen LogP contribution in [-0.2, 0) is 4.79 Å². The molecule has 2 aliphatic heterocycles. The Kier molecular flexibility index (Phi) is 6.87. The summed E-state index contributed by atoms with van der Waals surface area (Å²) in [7, 11) is 0. The summed E-state index contributed by atoms with van der Waals surface area (Å²) in [6.45, 7) is 2.53. The highest BCUT2D eigenvalue weighted by Crippen LogP contribution is 2.23. The van der Waals surface area contributed by atoms with E-state index in [-0.39, 0.29) is 30.4 Å². The van der Waals surface area contributed by atoms with Gasteiger partial charge in [0.05, 0.1) is 0 Å². The van der Waals surface area contributed by atoms with Crippen LogP contribution >= 0.6 is 24.0 Å². The van der Waals surface area contributed by atoms with Gasteiger partial charge >= 0.3 is 0 Å². The number of carbonyl (C=O) groups excluding carboxylic acids is 1. The van der Waals surface area contributed by atoms with Crippen molar-refractivity contribution in [1.29, 1.82) is 0 Å². The smallest absolute Gasteiger partial charge is 0.238 e. The summed E-state index contributed by atoms with van der Waals surface area (Å²) in [5.41, 5.74) is 8.69. The third-order valence-electron chi connectivity index (χ3n) is 4.14. The van der Waals surface area contributed by atoms with Gasteiger partial charge in [0, 0.05) is 24.2 Å². The third kappa shape index (κ3) is 4.93. The van der Waals surface area contributed by atoms with Gasteiger partial charge in [-0.05, 0) is 37.1 Å². The van der Waals surface area contributed by atoms with E-state index in [1.165, 1.54) is 5.57 Å². The molecule has 0 radical (unpaired) electrons. The van der Waals surface area contributed by atoms with E-state index in [0.717, 1.165) is 36.5 Å². The standard InChI is InChI=1S/C16H21ClN4O.ClH/c17-13-3-1-12(2-4-13)14-9-15(21-20-14)16(22)19-10-11-5-7-18-8-6-11;/h1-5,14-15,18,20-21H,6-10H2,(H,19,22);1H. The molecule has 4 N–H and O–H groups in total. The fourth-order valence-electron chi connectivity index (χ4n) is 2.80. The molecule has 2 unspecified atom stereocenters. The zero-order valence-corrected chi connectivity index (χ0v) is 14.3. The first kappa shape index (κ1) is 18.2. The van der Waals surface area contributed by atoms with Crippen LogP contribution in [-0.4, -0.2) is 31.6 Å². The fourth-order valence-corrected chi connectivity index (χ4v) is 2.92. The van der Waals surface area contributed by atoms with E-state index in [2.05, 4.69) is 27.6 Å². The Hall–Kier alpha value is -1.11. The quantitative estimate of drug-likeness (QED) is 0.620. The second-order valence-corrected chi connectivity index (χ2v) is 6.15. The Morgan fingerprint density at radius 2 is 2.04 bits per heavy atom. The number of amides is 1. The molecule has 2 atom stereocenters. The van der Waals surface area contributed by atoms with Gasteiger partial charge in [-0.2, -0.15) is 0 Å². The molecule has 7 heteroatoms. The van der Waals surface area contributed by atoms with Crippen molar-refractivity contribution in [3.63, 3.8) is 0 Å². The second kappa shape index (κ2) is 8.66. The average Bonchev–Trinajstić information content (AvgIpc) is 3.04. The molecule has 0 aliphatic carbocycles. The first-order valence-corrected chi connectivity index (χ1v) is 8.03. The third-order valence-corrected chi connectivity index (χ3v) is 4.39. The number of hydrogen-bond donors (Lipinski definition) is 4. The predicted molar refractivity (Wildman–Crippen MR) is 94.7 cm³/mol. The summed E-state index contributed by atoms with van der Waals surface area (Å²) < 4.78 is 0. The van der Waals surface area contributed by atoms with Crippen LogP contribution in [0.15, 0.2) is 35.9 Å². The number of nitrogens with one attached hydrogen (secondary N) is 4. The van der Waals surface area contributed by atoms with E-state index in [0.29, 0.717) is 6.54 Å². The minimum Gasteiger partial charge on any atom is -0.351 e. The minimum absolute atomic E-state index is 0. The van der Waals surface area contributed by atoms with Crippen LogP contribution in [0.2, 0.25) is 5.02 Å². The van der Waals surface area contributed by atoms with Crippen LogP contribution in [0.3, 0.4) is 0 Å². The maximum atomic E-state index is 12.2. The molecule has 1 aromatic carbocycles. The predicted octanol–water partition coefficient (Wildman–Crippen LogP) is 1.71. The molecule has 1 aromatic rings. The van der Waals surface area contributed by atoms with Crippen LogP contribution in [0, 0.1) is 0 Å². The largest absolute Gasteiger partial charge is 0.351 e. The summed E-state index contributed by atoms with van der Waals surface area (Å²) in [6.07, 6.45) is 3.89. The maximum Gasteiger partial charge on any atom is 0.238 e. The SMILES string of the molecule is Cl.O=C(NCC1=CCNCC1)C1CC(c2ccc(Cl)cc2)NN1. The molecule has 1 saturated heterocycles. The molecule has 126 valence electrons. The summed E-state index contributed by atoms with van der Waals surface area (Å²) in [5, 5.41) is 7.00. The van der Waals surface area contributed by atoms with Gasteiger partial charge in [0.2, 0.25) is 5.91 Å². The van der Waals surface area contributed by atoms with Crippen LogP contribution < -0.4 is 21.5 Å². The van der Waals surface area contributed by atoms with E-state index in [4.69, 9.17) is 11.6 Å². The zero-order valence-electron chi connectivity index (χ0n) is 12.8. The lowest BCUT2D eigenvalue weighted by molar-refractivity contribution is -0.122. The Bertz CT molecular complexity index is 562. The maximum absolute atomic E-state index is 12.2. The van der Waals surface area contributed by atoms with Crippen molar-refractivity contribution in [3.05, 3.63) is 46.5 Å². The minimum atomic E-state index is -0.206. The van der Waals surface area contributed by atoms with Crippen LogP contribution in [0.4, 0.5) is 0 Å². The number of hydrazine groups is 1. The number of benzene rings is 1. The van der Waals surface area contributed by atoms with E-state index in [1.807, 2.05) is 24.3 Å². The van der Waals surface area contributed by atoms with Crippen LogP contribution in [0.25, 0.3) is 0 Å². The highest BCUT2D eigenvalue weighted by atomic mass is 35.5. The zero-order chi connectivity index (χ0) is 15.4. The Labute approximate surface area is 147 Å². The average molecular weight is 357 g/mol. The number of halogens is 2. The molecule has 2 heterocycles. The normalized spacial score (nSPS) is 23.8. The van der Waals surface area contributed by atoms with Crippen molar-refractivity contribution >= 4 is 29.9 Å². The van der Waals surface area contributed by atoms with E-state index < -0.39 is 0 Å². The van der Waals surface area contributed by atoms with Crippen molar-refractivity contribution in [2.75, 3.05) is 19.6 Å². The Morgan fingerprint density at radius 1 is 1.26 bits per heavy atom. The van der Waals surface area contributed by atoms with E-state index in [9.17, 15) is 4.79 Å². The summed E-state index contributed by atoms with van der Waals surface area (Å²) in [4.78, 5) is 12.2. The topological polar surface area (TPSA) is 65.2 Å². The molecule has 0 saturated carbocycles. The van der Waals surface area contributed by atoms with E-state index in [1.54, 1.807) is 0 Å². The van der Waals surface area contributed by atoms with Gasteiger partial charge in [-0.3, -0.25) is 4.79 Å². The first-order chi connectivity index (χ1) is 10.7. The molecule has 23 heavy (non-hydrogen) atoms. The van der Waals surface area contributed by atoms with Gasteiger partial charge in [-0.15, -0.1) is 12.4 Å². The molecule has 0 spiro atoms. The molecular weight excluding hydrogens is 335 g/mol. The molecule has 0 bridgehead atoms. The number of rotatable bonds is 4. The summed E-state index contributed by atoms with van der Waals surface area (Å²) in [6, 6.07) is 7.64. The second-order valence-electron chi connectivity index (χ2n) is 5.72. The highest BCUT2D eigenvalue weighted by molar-refractivity contribution is 6.30. The van der Waals surface area contributed by atoms with Gasteiger partial charge in [-0.1, -0.05) is 35.4 Å². The molecule has 5 nitrogen and oxygen atoms in total. The molecule has 1 amide bonds. The monoisotopic (exact) mass is 356 g/mol. The molecular formula is C16H22Cl2N4O. The Balaban J connectivity index is 0.00000192. The lowest BCUT2D eigenvalue weighted by Gasteiger charge is -2.16. The lowest BCUT2D eigenvalue weighted by atomic mass is 10.0. The van der Waals surface area contributed by atoms with Gasteiger partial charge in [0.25, 0.3) is 0 Å². The molecule has 3 rings (SSSR count). The van der Waals surface area contributed by atoms with Crippen molar-refractivity contribution in [2.24, 2.45) is 0 Å².